The van der Waals surface area contributed by atoms with Gasteiger partial charge in [0.2, 0.25) is 0 Å². The molecule has 4 heteroatoms. The van der Waals surface area contributed by atoms with Gasteiger partial charge in [0.05, 0.1) is 0 Å². The van der Waals surface area contributed by atoms with Gasteiger partial charge in [-0.1, -0.05) is 0 Å². The van der Waals surface area contributed by atoms with E-state index in [0.29, 0.717) is 0 Å². The van der Waals surface area contributed by atoms with Crippen molar-refractivity contribution in [3.8, 4) is 0 Å². The first kappa shape index (κ1) is 32.5. The zero-order valence-electron chi connectivity index (χ0n) is 2.06. The molecule has 0 atom stereocenters. The average molecular weight is 340 g/mol. The maximum absolute atomic E-state index is 0. The van der Waals surface area contributed by atoms with Crippen molar-refractivity contribution in [2.45, 2.75) is 0 Å². The van der Waals surface area contributed by atoms with Crippen LogP contribution in [0.2, 0.25) is 0 Å². The Morgan fingerprint density at radius 1 is 1.00 bits per heavy atom. The maximum atomic E-state index is 0. The largest absolute Gasteiger partial charge is 5.00 e. The first-order chi connectivity index (χ1) is 0. The molecule has 0 rings (SSSR count). The fourth-order valence-corrected chi connectivity index (χ4v) is 0. The fraction of sp³-hybridized carbons (Fsp3) is 0. The SMILES string of the molecule is [Mg+2].[Nb+5].[O-2].[Pb+2]. The summed E-state index contributed by atoms with van der Waals surface area (Å²) in [6.45, 7) is 0. The summed E-state index contributed by atoms with van der Waals surface area (Å²) >= 11 is 0. The van der Waals surface area contributed by atoms with Gasteiger partial charge in [-0.25, -0.2) is 0 Å². The summed E-state index contributed by atoms with van der Waals surface area (Å²) in [7, 11) is 0. The average Bonchev–Trinajstić information content (AvgIpc) is 0. The second-order valence-corrected chi connectivity index (χ2v) is 0. The monoisotopic (exact) mass is 341 g/mol. The fourth-order valence-electron chi connectivity index (χ4n) is 0. The first-order valence-corrected chi connectivity index (χ1v) is 0. The van der Waals surface area contributed by atoms with Gasteiger partial charge in [-0.3, -0.25) is 0 Å². The van der Waals surface area contributed by atoms with Gasteiger partial charge in [-0.15, -0.1) is 0 Å². The third kappa shape index (κ3) is 8.83. The van der Waals surface area contributed by atoms with Crippen molar-refractivity contribution in [2.75, 3.05) is 0 Å². The van der Waals surface area contributed by atoms with Gasteiger partial charge < -0.3 is 5.48 Å². The quantitative estimate of drug-likeness (QED) is 0.513. The Hall–Kier alpha value is 2.39. The van der Waals surface area contributed by atoms with Crippen molar-refractivity contribution in [3.63, 3.8) is 0 Å². The smallest absolute Gasteiger partial charge is 2.00 e. The normalized spacial score (nSPS) is 0. The van der Waals surface area contributed by atoms with E-state index in [1.54, 1.807) is 0 Å². The second kappa shape index (κ2) is 18.2. The van der Waals surface area contributed by atoms with Crippen molar-refractivity contribution in [3.05, 3.63) is 0 Å². The van der Waals surface area contributed by atoms with Crippen molar-refractivity contribution in [1.29, 1.82) is 0 Å². The molecule has 0 saturated heterocycles. The van der Waals surface area contributed by atoms with Crippen molar-refractivity contribution in [1.82, 2.24) is 0 Å². The predicted molar refractivity (Wildman–Crippen MR) is 12.2 cm³/mol. The molecule has 0 aromatic carbocycles. The number of rotatable bonds is 0. The van der Waals surface area contributed by atoms with Crippen LogP contribution >= 0.6 is 0 Å². The van der Waals surface area contributed by atoms with E-state index in [2.05, 4.69) is 0 Å². The van der Waals surface area contributed by atoms with E-state index in [0.717, 1.165) is 0 Å². The molecule has 0 unspecified atom stereocenters. The molecule has 0 aromatic rings. The molecule has 0 aliphatic rings. The molecule has 0 aliphatic carbocycles. The summed E-state index contributed by atoms with van der Waals surface area (Å²) in [6, 6.07) is 0. The van der Waals surface area contributed by atoms with Crippen molar-refractivity contribution in [2.24, 2.45) is 0 Å². The van der Waals surface area contributed by atoms with Gasteiger partial charge in [0, 0.05) is 0 Å². The number of hydrogen-bond acceptors (Lipinski definition) is 0. The molecule has 0 N–H and O–H groups in total. The zero-order chi connectivity index (χ0) is 0. The molecule has 0 fully saturated rings. The van der Waals surface area contributed by atoms with E-state index in [1.807, 2.05) is 0 Å². The Morgan fingerprint density at radius 2 is 1.00 bits per heavy atom. The van der Waals surface area contributed by atoms with Crippen LogP contribution in [0.1, 0.15) is 0 Å². The van der Waals surface area contributed by atoms with Gasteiger partial charge in [0.15, 0.2) is 0 Å². The van der Waals surface area contributed by atoms with Gasteiger partial charge in [0.1, 0.15) is 0 Å². The minimum Gasteiger partial charge on any atom is -2.00 e. The minimum atomic E-state index is 0. The Labute approximate surface area is 77.0 Å². The molecular weight excluding hydrogens is 340 g/mol. The van der Waals surface area contributed by atoms with Crippen LogP contribution in [0.15, 0.2) is 0 Å². The van der Waals surface area contributed by atoms with E-state index >= 15 is 0 Å². The second-order valence-electron chi connectivity index (χ2n) is 0. The third-order valence-corrected chi connectivity index (χ3v) is 0. The van der Waals surface area contributed by atoms with Crippen LogP contribution in [0.5, 0.6) is 0 Å². The Bertz CT molecular complexity index is 8.00. The Balaban J connectivity index is 0. The van der Waals surface area contributed by atoms with Crippen molar-refractivity contribution < 1.29 is 27.9 Å². The third-order valence-electron chi connectivity index (χ3n) is 0. The molecule has 0 saturated carbocycles. The van der Waals surface area contributed by atoms with Crippen LogP contribution in [0, 0.1) is 0 Å². The van der Waals surface area contributed by atoms with Gasteiger partial charge in [-0.2, -0.15) is 0 Å². The molecule has 2 radical (unpaired) electrons. The Kier molecular flexibility index (Phi) is 148. The standard InChI is InChI=1S/Mg.Nb.O.Pb/q+2;+5;-2;+2. The minimum absolute atomic E-state index is 0. The first-order valence-electron chi connectivity index (χ1n) is 0. The van der Waals surface area contributed by atoms with E-state index in [4.69, 9.17) is 0 Å². The van der Waals surface area contributed by atoms with E-state index < -0.39 is 0 Å². The molecule has 0 spiro atoms. The van der Waals surface area contributed by atoms with Crippen molar-refractivity contribution >= 4 is 50.4 Å². The van der Waals surface area contributed by atoms with Crippen LogP contribution in [-0.2, 0) is 27.9 Å². The summed E-state index contributed by atoms with van der Waals surface area (Å²) in [6.07, 6.45) is 0. The van der Waals surface area contributed by atoms with E-state index in [-0.39, 0.29) is 78.2 Å². The van der Waals surface area contributed by atoms with Crippen LogP contribution in [0.25, 0.3) is 0 Å². The topological polar surface area (TPSA) is 28.5 Å². The van der Waals surface area contributed by atoms with Gasteiger partial charge in [0.25, 0.3) is 0 Å². The molecule has 10 valence electrons. The maximum Gasteiger partial charge on any atom is 5.00 e. The molecule has 4 heavy (non-hydrogen) atoms. The van der Waals surface area contributed by atoms with Gasteiger partial charge in [-0.05, 0) is 0 Å². The van der Waals surface area contributed by atoms with E-state index in [9.17, 15) is 0 Å². The van der Waals surface area contributed by atoms with Crippen LogP contribution in [0.4, 0.5) is 0 Å². The zero-order valence-corrected chi connectivity index (χ0v) is 9.56. The summed E-state index contributed by atoms with van der Waals surface area (Å²) < 4.78 is 0. The number of hydrogen-bond donors (Lipinski definition) is 0. The molecule has 0 aliphatic heterocycles. The predicted octanol–water partition coefficient (Wildman–Crippen LogP) is -0.883. The molecule has 1 nitrogen and oxygen atoms in total. The summed E-state index contributed by atoms with van der Waals surface area (Å²) in [5, 5.41) is 0. The Morgan fingerprint density at radius 3 is 1.00 bits per heavy atom. The molecular formula is MgNbOPb+7. The summed E-state index contributed by atoms with van der Waals surface area (Å²) in [5.41, 5.74) is 0. The van der Waals surface area contributed by atoms with Crippen LogP contribution in [-0.4, -0.2) is 50.4 Å². The molecule has 0 bridgehead atoms. The molecule has 0 aromatic heterocycles. The summed E-state index contributed by atoms with van der Waals surface area (Å²) in [5.74, 6) is 0. The van der Waals surface area contributed by atoms with Crippen LogP contribution < -0.4 is 0 Å². The molecule has 0 amide bonds. The summed E-state index contributed by atoms with van der Waals surface area (Å²) in [4.78, 5) is 0. The van der Waals surface area contributed by atoms with Crippen LogP contribution in [0.3, 0.4) is 0 Å². The van der Waals surface area contributed by atoms with Gasteiger partial charge >= 0.3 is 72.7 Å². The van der Waals surface area contributed by atoms with E-state index in [1.165, 1.54) is 0 Å². The molecule has 0 heterocycles.